The van der Waals surface area contributed by atoms with E-state index in [1.807, 2.05) is 0 Å². The van der Waals surface area contributed by atoms with Gasteiger partial charge < -0.3 is 0 Å². The Bertz CT molecular complexity index is 561. The van der Waals surface area contributed by atoms with E-state index in [-0.39, 0.29) is 29.8 Å². The smallest absolute Gasteiger partial charge is 0.251 e. The van der Waals surface area contributed by atoms with Crippen LogP contribution in [0.2, 0.25) is 5.02 Å². The van der Waals surface area contributed by atoms with Gasteiger partial charge in [-0.1, -0.05) is 17.7 Å². The van der Waals surface area contributed by atoms with Gasteiger partial charge in [0.05, 0.1) is 10.9 Å². The lowest BCUT2D eigenvalue weighted by Crippen LogP contribution is -2.24. The maximum atomic E-state index is 12.5. The summed E-state index contributed by atoms with van der Waals surface area (Å²) in [6.45, 7) is 0. The topological polar surface area (TPSA) is 12.9 Å². The molecule has 1 unspecified atom stereocenters. The molecule has 0 aliphatic heterocycles. The van der Waals surface area contributed by atoms with Gasteiger partial charge in [0.1, 0.15) is 5.69 Å². The molecule has 1 heterocycles. The predicted octanol–water partition coefficient (Wildman–Crippen LogP) is 5.50. The van der Waals surface area contributed by atoms with E-state index in [0.29, 0.717) is 11.6 Å². The van der Waals surface area contributed by atoms with Crippen LogP contribution in [0.4, 0.5) is 26.3 Å². The maximum Gasteiger partial charge on any atom is 0.433 e. The SMILES string of the molecule is FC(F)(F)c1cc(Cl)c(C2=CCC(C(F)(F)F)CC2)cn1. The molecule has 1 atom stereocenters. The van der Waals surface area contributed by atoms with Gasteiger partial charge in [-0.05, 0) is 30.9 Å². The number of halogens is 7. The van der Waals surface area contributed by atoms with E-state index in [2.05, 4.69) is 4.98 Å². The van der Waals surface area contributed by atoms with E-state index >= 15 is 0 Å². The highest BCUT2D eigenvalue weighted by Crippen LogP contribution is 2.41. The second kappa shape index (κ2) is 5.51. The number of rotatable bonds is 1. The van der Waals surface area contributed by atoms with Crippen LogP contribution in [0.3, 0.4) is 0 Å². The molecule has 0 N–H and O–H groups in total. The molecular weight excluding hydrogens is 320 g/mol. The zero-order chi connectivity index (χ0) is 15.8. The third kappa shape index (κ3) is 3.70. The fraction of sp³-hybridized carbons (Fsp3) is 0.462. The summed E-state index contributed by atoms with van der Waals surface area (Å²) in [5, 5.41) is -0.158. The molecule has 0 bridgehead atoms. The third-order valence-corrected chi connectivity index (χ3v) is 3.68. The summed E-state index contributed by atoms with van der Waals surface area (Å²) in [4.78, 5) is 3.28. The molecule has 0 aromatic carbocycles. The predicted molar refractivity (Wildman–Crippen MR) is 65.6 cm³/mol. The minimum absolute atomic E-state index is 0.104. The second-order valence-corrected chi connectivity index (χ2v) is 5.20. The highest BCUT2D eigenvalue weighted by molar-refractivity contribution is 6.32. The summed E-state index contributed by atoms with van der Waals surface area (Å²) >= 11 is 5.79. The Morgan fingerprint density at radius 3 is 2.24 bits per heavy atom. The minimum atomic E-state index is -4.61. The molecule has 0 amide bonds. The molecule has 0 spiro atoms. The lowest BCUT2D eigenvalue weighted by atomic mass is 9.86. The zero-order valence-electron chi connectivity index (χ0n) is 10.5. The van der Waals surface area contributed by atoms with Crippen molar-refractivity contribution in [3.8, 4) is 0 Å². The number of nitrogens with zero attached hydrogens (tertiary/aromatic N) is 1. The van der Waals surface area contributed by atoms with E-state index < -0.39 is 24.0 Å². The zero-order valence-corrected chi connectivity index (χ0v) is 11.3. The molecule has 0 radical (unpaired) electrons. The number of aromatic nitrogens is 1. The monoisotopic (exact) mass is 329 g/mol. The Labute approximate surface area is 121 Å². The maximum absolute atomic E-state index is 12.5. The van der Waals surface area contributed by atoms with Crippen LogP contribution < -0.4 is 0 Å². The molecule has 1 aromatic heterocycles. The Balaban J connectivity index is 2.23. The van der Waals surface area contributed by atoms with Crippen LogP contribution in [-0.2, 0) is 6.18 Å². The van der Waals surface area contributed by atoms with Crippen LogP contribution in [0.25, 0.3) is 5.57 Å². The lowest BCUT2D eigenvalue weighted by Gasteiger charge is -2.24. The van der Waals surface area contributed by atoms with Gasteiger partial charge in [-0.25, -0.2) is 0 Å². The van der Waals surface area contributed by atoms with Crippen LogP contribution in [0.15, 0.2) is 18.3 Å². The molecular formula is C13H10ClF6N. The van der Waals surface area contributed by atoms with Crippen LogP contribution in [0, 0.1) is 5.92 Å². The molecule has 1 aromatic rings. The number of hydrogen-bond donors (Lipinski definition) is 0. The van der Waals surface area contributed by atoms with Crippen molar-refractivity contribution < 1.29 is 26.3 Å². The number of alkyl halides is 6. The molecule has 21 heavy (non-hydrogen) atoms. The van der Waals surface area contributed by atoms with Gasteiger partial charge in [-0.15, -0.1) is 0 Å². The molecule has 2 rings (SSSR count). The molecule has 116 valence electrons. The largest absolute Gasteiger partial charge is 0.433 e. The van der Waals surface area contributed by atoms with E-state index in [9.17, 15) is 26.3 Å². The molecule has 0 saturated carbocycles. The first-order valence-electron chi connectivity index (χ1n) is 6.08. The van der Waals surface area contributed by atoms with Crippen molar-refractivity contribution in [2.75, 3.05) is 0 Å². The highest BCUT2D eigenvalue weighted by atomic mass is 35.5. The molecule has 1 aliphatic carbocycles. The number of allylic oxidation sites excluding steroid dienone is 2. The molecule has 1 nitrogen and oxygen atoms in total. The van der Waals surface area contributed by atoms with E-state index in [1.54, 1.807) is 0 Å². The van der Waals surface area contributed by atoms with Crippen LogP contribution >= 0.6 is 11.6 Å². The minimum Gasteiger partial charge on any atom is -0.251 e. The molecule has 8 heteroatoms. The summed E-state index contributed by atoms with van der Waals surface area (Å²) in [7, 11) is 0. The Hall–Kier alpha value is -1.24. The summed E-state index contributed by atoms with van der Waals surface area (Å²) in [5.74, 6) is -1.41. The first-order chi connectivity index (χ1) is 9.59. The summed E-state index contributed by atoms with van der Waals surface area (Å²) in [5.41, 5.74) is -0.368. The van der Waals surface area contributed by atoms with Crippen LogP contribution in [-0.4, -0.2) is 11.2 Å². The second-order valence-electron chi connectivity index (χ2n) is 4.79. The van der Waals surface area contributed by atoms with Crippen molar-refractivity contribution in [1.82, 2.24) is 4.98 Å². The Morgan fingerprint density at radius 1 is 1.14 bits per heavy atom. The average Bonchev–Trinajstić information content (AvgIpc) is 2.36. The Morgan fingerprint density at radius 2 is 1.81 bits per heavy atom. The van der Waals surface area contributed by atoms with E-state index in [1.165, 1.54) is 6.08 Å². The van der Waals surface area contributed by atoms with Gasteiger partial charge >= 0.3 is 12.4 Å². The van der Waals surface area contributed by atoms with Crippen molar-refractivity contribution in [2.45, 2.75) is 31.6 Å². The van der Waals surface area contributed by atoms with Crippen molar-refractivity contribution in [3.05, 3.63) is 34.6 Å². The molecule has 0 saturated heterocycles. The molecule has 0 fully saturated rings. The van der Waals surface area contributed by atoms with Crippen LogP contribution in [0.5, 0.6) is 0 Å². The van der Waals surface area contributed by atoms with Gasteiger partial charge in [0.25, 0.3) is 0 Å². The fourth-order valence-corrected chi connectivity index (χ4v) is 2.47. The summed E-state index contributed by atoms with van der Waals surface area (Å²) < 4.78 is 75.0. The number of hydrogen-bond acceptors (Lipinski definition) is 1. The van der Waals surface area contributed by atoms with Crippen molar-refractivity contribution in [1.29, 1.82) is 0 Å². The number of pyridine rings is 1. The standard InChI is InChI=1S/C13H10ClF6N/c14-10-5-11(13(18,19)20)21-6-9(10)7-1-3-8(4-2-7)12(15,16)17/h1,5-6,8H,2-4H2. The van der Waals surface area contributed by atoms with Gasteiger partial charge in [0.15, 0.2) is 0 Å². The first-order valence-corrected chi connectivity index (χ1v) is 6.45. The quantitative estimate of drug-likeness (QED) is 0.620. The Kier molecular flexibility index (Phi) is 4.24. The van der Waals surface area contributed by atoms with E-state index in [4.69, 9.17) is 11.6 Å². The lowest BCUT2D eigenvalue weighted by molar-refractivity contribution is -0.175. The van der Waals surface area contributed by atoms with Crippen molar-refractivity contribution in [2.24, 2.45) is 5.92 Å². The van der Waals surface area contributed by atoms with Gasteiger partial charge in [-0.3, -0.25) is 4.98 Å². The average molecular weight is 330 g/mol. The third-order valence-electron chi connectivity index (χ3n) is 3.36. The highest BCUT2D eigenvalue weighted by Gasteiger charge is 2.40. The van der Waals surface area contributed by atoms with Crippen molar-refractivity contribution in [3.63, 3.8) is 0 Å². The van der Waals surface area contributed by atoms with Gasteiger partial charge in [-0.2, -0.15) is 26.3 Å². The van der Waals surface area contributed by atoms with E-state index in [0.717, 1.165) is 6.20 Å². The van der Waals surface area contributed by atoms with Gasteiger partial charge in [0.2, 0.25) is 0 Å². The molecule has 1 aliphatic rings. The fourth-order valence-electron chi connectivity index (χ4n) is 2.20. The normalized spacial score (nSPS) is 20.3. The first kappa shape index (κ1) is 16.1. The summed E-state index contributed by atoms with van der Waals surface area (Å²) in [6, 6.07) is 0.688. The summed E-state index contributed by atoms with van der Waals surface area (Å²) in [6.07, 6.45) is -6.72. The van der Waals surface area contributed by atoms with Gasteiger partial charge in [0, 0.05) is 11.8 Å². The van der Waals surface area contributed by atoms with Crippen LogP contribution in [0.1, 0.15) is 30.5 Å². The van der Waals surface area contributed by atoms with Crippen molar-refractivity contribution >= 4 is 17.2 Å².